The van der Waals surface area contributed by atoms with Gasteiger partial charge in [0.2, 0.25) is 0 Å². The lowest BCUT2D eigenvalue weighted by atomic mass is 10.0. The Hall–Kier alpha value is -3.86. The number of carbonyl (C=O) groups is 1. The lowest BCUT2D eigenvalue weighted by Crippen LogP contribution is -2.15. The second-order valence-electron chi connectivity index (χ2n) is 8.65. The second kappa shape index (κ2) is 8.98. The molecular formula is C25H22F2N4O4S. The number of methoxy groups -OCH3 is 1. The highest BCUT2D eigenvalue weighted by Gasteiger charge is 2.32. The smallest absolute Gasteiger partial charge is 0.256 e. The van der Waals surface area contributed by atoms with Gasteiger partial charge in [-0.05, 0) is 55.8 Å². The molecule has 1 fully saturated rings. The van der Waals surface area contributed by atoms with Crippen LogP contribution in [0.4, 0.5) is 14.5 Å². The summed E-state index contributed by atoms with van der Waals surface area (Å²) in [6, 6.07) is 11.1. The Morgan fingerprint density at radius 1 is 1.14 bits per heavy atom. The highest BCUT2D eigenvalue weighted by Crippen LogP contribution is 2.33. The molecule has 1 N–H and O–H groups in total. The summed E-state index contributed by atoms with van der Waals surface area (Å²) in [6.07, 6.45) is 0.384. The van der Waals surface area contributed by atoms with Gasteiger partial charge in [-0.25, -0.2) is 26.9 Å². The Balaban J connectivity index is 1.67. The van der Waals surface area contributed by atoms with E-state index >= 15 is 0 Å². The molecule has 1 aliphatic heterocycles. The van der Waals surface area contributed by atoms with Gasteiger partial charge in [0.05, 0.1) is 52.7 Å². The van der Waals surface area contributed by atoms with Gasteiger partial charge in [0.25, 0.3) is 5.91 Å². The predicted molar refractivity (Wildman–Crippen MR) is 131 cm³/mol. The van der Waals surface area contributed by atoms with Crippen LogP contribution >= 0.6 is 0 Å². The molecule has 8 nitrogen and oxygen atoms in total. The quantitative estimate of drug-likeness (QED) is 0.428. The standard InChI is InChI=1S/C25H22F2N4O4S/c1-14-23-19(25(32)29-21-8-5-16(26)11-20(21)27)12-22(15-3-6-18(35-2)7-4-15)28-24(23)31(30-14)17-9-10-36(33,34)13-17/h3-8,11-12,17H,9-10,13H2,1-2H3,(H,29,32). The fourth-order valence-electron chi connectivity index (χ4n) is 4.41. The minimum Gasteiger partial charge on any atom is -0.497 e. The number of nitrogens with one attached hydrogen (secondary N) is 1. The van der Waals surface area contributed by atoms with Gasteiger partial charge in [0, 0.05) is 11.6 Å². The third kappa shape index (κ3) is 4.41. The molecule has 1 amide bonds. The predicted octanol–water partition coefficient (Wildman–Crippen LogP) is 4.31. The number of hydrogen-bond acceptors (Lipinski definition) is 6. The number of carbonyl (C=O) groups excluding carboxylic acids is 1. The molecule has 2 aromatic heterocycles. The van der Waals surface area contributed by atoms with Crippen molar-refractivity contribution >= 4 is 32.5 Å². The van der Waals surface area contributed by atoms with E-state index in [0.717, 1.165) is 12.1 Å². The molecule has 4 aromatic rings. The maximum absolute atomic E-state index is 14.3. The maximum atomic E-state index is 14.3. The summed E-state index contributed by atoms with van der Waals surface area (Å²) in [4.78, 5) is 18.1. The van der Waals surface area contributed by atoms with Crippen LogP contribution in [0.3, 0.4) is 0 Å². The van der Waals surface area contributed by atoms with Gasteiger partial charge in [0.15, 0.2) is 15.5 Å². The summed E-state index contributed by atoms with van der Waals surface area (Å²) >= 11 is 0. The molecule has 3 heterocycles. The number of hydrogen-bond donors (Lipinski definition) is 1. The van der Waals surface area contributed by atoms with E-state index in [-0.39, 0.29) is 22.8 Å². The van der Waals surface area contributed by atoms with Crippen LogP contribution < -0.4 is 10.1 Å². The average Bonchev–Trinajstić information content (AvgIpc) is 3.38. The Morgan fingerprint density at radius 3 is 2.53 bits per heavy atom. The van der Waals surface area contributed by atoms with Gasteiger partial charge in [0.1, 0.15) is 17.4 Å². The van der Waals surface area contributed by atoms with Gasteiger partial charge >= 0.3 is 0 Å². The van der Waals surface area contributed by atoms with Gasteiger partial charge in [-0.1, -0.05) is 0 Å². The van der Waals surface area contributed by atoms with E-state index in [4.69, 9.17) is 9.72 Å². The first-order chi connectivity index (χ1) is 17.1. The number of anilines is 1. The van der Waals surface area contributed by atoms with Crippen molar-refractivity contribution in [1.82, 2.24) is 14.8 Å². The van der Waals surface area contributed by atoms with Gasteiger partial charge in [-0.15, -0.1) is 0 Å². The van der Waals surface area contributed by atoms with Crippen molar-refractivity contribution in [2.45, 2.75) is 19.4 Å². The Morgan fingerprint density at radius 2 is 1.89 bits per heavy atom. The van der Waals surface area contributed by atoms with Crippen LogP contribution in [0.5, 0.6) is 5.75 Å². The summed E-state index contributed by atoms with van der Waals surface area (Å²) in [5.74, 6) is -1.69. The molecule has 2 aromatic carbocycles. The van der Waals surface area contributed by atoms with Crippen LogP contribution in [-0.4, -0.2) is 47.7 Å². The molecule has 1 atom stereocenters. The van der Waals surface area contributed by atoms with Crippen molar-refractivity contribution in [2.75, 3.05) is 23.9 Å². The molecule has 0 saturated carbocycles. The maximum Gasteiger partial charge on any atom is 0.256 e. The lowest BCUT2D eigenvalue weighted by molar-refractivity contribution is 0.102. The number of fused-ring (bicyclic) bond motifs is 1. The van der Waals surface area contributed by atoms with E-state index in [1.807, 2.05) is 0 Å². The van der Waals surface area contributed by atoms with Crippen LogP contribution in [0.2, 0.25) is 0 Å². The summed E-state index contributed by atoms with van der Waals surface area (Å²) in [7, 11) is -1.65. The number of rotatable bonds is 5. The number of pyridine rings is 1. The lowest BCUT2D eigenvalue weighted by Gasteiger charge is -2.13. The van der Waals surface area contributed by atoms with Crippen LogP contribution in [0, 0.1) is 18.6 Å². The number of benzene rings is 2. The molecule has 186 valence electrons. The molecule has 36 heavy (non-hydrogen) atoms. The van der Waals surface area contributed by atoms with Gasteiger partial charge < -0.3 is 10.1 Å². The molecule has 0 aliphatic carbocycles. The van der Waals surface area contributed by atoms with Crippen molar-refractivity contribution < 1.29 is 26.7 Å². The first-order valence-electron chi connectivity index (χ1n) is 11.2. The summed E-state index contributed by atoms with van der Waals surface area (Å²) < 4.78 is 58.7. The number of nitrogens with zero attached hydrogens (tertiary/aromatic N) is 3. The number of aryl methyl sites for hydroxylation is 1. The molecule has 11 heteroatoms. The number of amides is 1. The SMILES string of the molecule is COc1ccc(-c2cc(C(=O)Nc3ccc(F)cc3F)c3c(C)nn(C4CCS(=O)(=O)C4)c3n2)cc1. The largest absolute Gasteiger partial charge is 0.497 e. The third-order valence-electron chi connectivity index (χ3n) is 6.20. The fraction of sp³-hybridized carbons (Fsp3) is 0.240. The number of halogens is 2. The summed E-state index contributed by atoms with van der Waals surface area (Å²) in [6.45, 7) is 1.70. The van der Waals surface area contributed by atoms with E-state index in [0.29, 0.717) is 46.2 Å². The number of sulfone groups is 1. The first-order valence-corrected chi connectivity index (χ1v) is 13.0. The van der Waals surface area contributed by atoms with Gasteiger partial charge in [-0.3, -0.25) is 4.79 Å². The van der Waals surface area contributed by atoms with Crippen molar-refractivity contribution in [3.05, 3.63) is 71.4 Å². The molecular weight excluding hydrogens is 490 g/mol. The molecule has 0 spiro atoms. The molecule has 5 rings (SSSR count). The summed E-state index contributed by atoms with van der Waals surface area (Å²) in [5.41, 5.74) is 1.96. The zero-order valence-electron chi connectivity index (χ0n) is 19.5. The van der Waals surface area contributed by atoms with Crippen LogP contribution in [0.1, 0.15) is 28.5 Å². The van der Waals surface area contributed by atoms with Gasteiger partial charge in [-0.2, -0.15) is 5.10 Å². The van der Waals surface area contributed by atoms with E-state index in [1.54, 1.807) is 49.0 Å². The highest BCUT2D eigenvalue weighted by molar-refractivity contribution is 7.91. The minimum atomic E-state index is -3.20. The Kier molecular flexibility index (Phi) is 5.95. The van der Waals surface area contributed by atoms with Crippen molar-refractivity contribution in [2.24, 2.45) is 0 Å². The molecule has 0 bridgehead atoms. The van der Waals surface area contributed by atoms with Crippen LogP contribution in [0.25, 0.3) is 22.3 Å². The van der Waals surface area contributed by atoms with Crippen molar-refractivity contribution in [3.8, 4) is 17.0 Å². The monoisotopic (exact) mass is 512 g/mol. The molecule has 1 unspecified atom stereocenters. The van der Waals surface area contributed by atoms with Crippen LogP contribution in [-0.2, 0) is 9.84 Å². The Labute approximate surface area is 205 Å². The third-order valence-corrected chi connectivity index (χ3v) is 7.95. The van der Waals surface area contributed by atoms with Crippen molar-refractivity contribution in [3.63, 3.8) is 0 Å². The van der Waals surface area contributed by atoms with Crippen molar-refractivity contribution in [1.29, 1.82) is 0 Å². The average molecular weight is 513 g/mol. The summed E-state index contributed by atoms with van der Waals surface area (Å²) in [5, 5.41) is 7.47. The zero-order valence-corrected chi connectivity index (χ0v) is 20.3. The first kappa shape index (κ1) is 23.9. The van der Waals surface area contributed by atoms with E-state index < -0.39 is 33.4 Å². The number of aromatic nitrogens is 3. The topological polar surface area (TPSA) is 103 Å². The molecule has 1 saturated heterocycles. The Bertz CT molecular complexity index is 1600. The molecule has 1 aliphatic rings. The zero-order chi connectivity index (χ0) is 25.6. The number of ether oxygens (including phenoxy) is 1. The minimum absolute atomic E-state index is 0.0490. The van der Waals surface area contributed by atoms with E-state index in [2.05, 4.69) is 10.4 Å². The normalized spacial score (nSPS) is 16.8. The van der Waals surface area contributed by atoms with Crippen LogP contribution in [0.15, 0.2) is 48.5 Å². The van der Waals surface area contributed by atoms with E-state index in [9.17, 15) is 22.0 Å². The molecule has 0 radical (unpaired) electrons. The van der Waals surface area contributed by atoms with E-state index in [1.165, 1.54) is 0 Å². The fourth-order valence-corrected chi connectivity index (χ4v) is 6.10. The second-order valence-corrected chi connectivity index (χ2v) is 10.9. The highest BCUT2D eigenvalue weighted by atomic mass is 32.2.